The van der Waals surface area contributed by atoms with Crippen molar-refractivity contribution in [3.05, 3.63) is 234 Å². The summed E-state index contributed by atoms with van der Waals surface area (Å²) in [6.07, 6.45) is 6.77. The fourth-order valence-corrected chi connectivity index (χ4v) is 13.3. The molecule has 1 spiro atoms. The number of fused-ring (bicyclic) bond motifs is 3. The molecule has 63 heavy (non-hydrogen) atoms. The summed E-state index contributed by atoms with van der Waals surface area (Å²) in [4.78, 5) is 15.3. The van der Waals surface area contributed by atoms with Gasteiger partial charge in [-0.1, -0.05) is 188 Å². The van der Waals surface area contributed by atoms with Gasteiger partial charge in [-0.3, -0.25) is 0 Å². The first-order valence-corrected chi connectivity index (χ1v) is 22.9. The topological polar surface area (TPSA) is 38.7 Å². The van der Waals surface area contributed by atoms with Crippen LogP contribution in [0.2, 0.25) is 0 Å². The van der Waals surface area contributed by atoms with Crippen LogP contribution in [0, 0.1) is 23.7 Å². The molecule has 5 aliphatic carbocycles. The fraction of sp³-hybridized carbons (Fsp3) is 0.183. The summed E-state index contributed by atoms with van der Waals surface area (Å²) >= 11 is 0. The molecule has 14 rings (SSSR count). The van der Waals surface area contributed by atoms with Gasteiger partial charge in [-0.15, -0.1) is 0 Å². The molecule has 0 aliphatic heterocycles. The van der Waals surface area contributed by atoms with E-state index in [1.165, 1.54) is 70.9 Å². The van der Waals surface area contributed by atoms with Gasteiger partial charge in [-0.2, -0.15) is 0 Å². The Morgan fingerprint density at radius 3 is 1.41 bits per heavy atom. The Morgan fingerprint density at radius 1 is 0.317 bits per heavy atom. The van der Waals surface area contributed by atoms with Crippen LogP contribution >= 0.6 is 0 Å². The van der Waals surface area contributed by atoms with Crippen LogP contribution in [-0.2, 0) is 10.8 Å². The average molecular weight is 810 g/mol. The Bertz CT molecular complexity index is 3110. The summed E-state index contributed by atoms with van der Waals surface area (Å²) < 4.78 is 0. The molecule has 9 aromatic rings. The molecule has 0 saturated heterocycles. The van der Waals surface area contributed by atoms with Crippen molar-refractivity contribution in [1.29, 1.82) is 0 Å². The zero-order valence-electron chi connectivity index (χ0n) is 35.2. The summed E-state index contributed by atoms with van der Waals surface area (Å²) in [5.74, 6) is 5.00. The van der Waals surface area contributed by atoms with Crippen LogP contribution in [0.25, 0.3) is 56.1 Å². The van der Waals surface area contributed by atoms with Crippen LogP contribution < -0.4 is 0 Å². The van der Waals surface area contributed by atoms with E-state index in [9.17, 15) is 0 Å². The van der Waals surface area contributed by atoms with Gasteiger partial charge < -0.3 is 0 Å². The summed E-state index contributed by atoms with van der Waals surface area (Å²) in [5.41, 5.74) is 13.6. The third-order valence-corrected chi connectivity index (χ3v) is 15.6. The van der Waals surface area contributed by atoms with Crippen molar-refractivity contribution < 1.29 is 0 Å². The van der Waals surface area contributed by atoms with Gasteiger partial charge in [0.25, 0.3) is 0 Å². The Morgan fingerprint density at radius 2 is 0.778 bits per heavy atom. The lowest BCUT2D eigenvalue weighted by molar-refractivity contribution is -0.0440. The first-order chi connectivity index (χ1) is 31.2. The largest absolute Gasteiger partial charge is 0.208 e. The second kappa shape index (κ2) is 14.3. The molecule has 4 fully saturated rings. The maximum atomic E-state index is 5.14. The molecule has 3 heteroatoms. The minimum Gasteiger partial charge on any atom is -0.208 e. The van der Waals surface area contributed by atoms with Crippen molar-refractivity contribution in [1.82, 2.24) is 15.0 Å². The van der Waals surface area contributed by atoms with Gasteiger partial charge in [0.2, 0.25) is 0 Å². The van der Waals surface area contributed by atoms with Crippen LogP contribution in [-0.4, -0.2) is 15.0 Å². The highest BCUT2D eigenvalue weighted by Gasteiger charge is 2.63. The first kappa shape index (κ1) is 36.7. The van der Waals surface area contributed by atoms with Crippen LogP contribution in [0.1, 0.15) is 65.5 Å². The van der Waals surface area contributed by atoms with Crippen molar-refractivity contribution >= 4 is 10.8 Å². The minimum atomic E-state index is -0.450. The van der Waals surface area contributed by atoms with E-state index in [-0.39, 0.29) is 5.41 Å². The second-order valence-electron chi connectivity index (χ2n) is 18.8. The highest BCUT2D eigenvalue weighted by atomic mass is 15.0. The molecule has 302 valence electrons. The standard InChI is InChI=1S/C60H47N3/c1-4-15-43(16-5-1)56-61-57(63-58(62-56)47-29-26-41-14-10-11-17-45(41)37-47)44-27-24-42(25-28-44)46-30-31-54-55(38-46)60(50-33-39-32-40(35-50)36-51(60)34-39)53-23-13-12-22-52(53)59(54,48-18-6-2-7-19-48)49-20-8-3-9-21-49/h1-31,37-40,50-51H,32-36H2. The van der Waals surface area contributed by atoms with Crippen molar-refractivity contribution in [2.75, 3.05) is 0 Å². The molecule has 4 saturated carbocycles. The molecule has 0 radical (unpaired) electrons. The number of aromatic nitrogens is 3. The van der Waals surface area contributed by atoms with E-state index in [0.717, 1.165) is 33.9 Å². The quantitative estimate of drug-likeness (QED) is 0.168. The van der Waals surface area contributed by atoms with Crippen molar-refractivity contribution in [2.45, 2.75) is 42.9 Å². The molecule has 8 aromatic carbocycles. The smallest absolute Gasteiger partial charge is 0.164 e. The van der Waals surface area contributed by atoms with Gasteiger partial charge in [0, 0.05) is 22.1 Å². The zero-order chi connectivity index (χ0) is 41.5. The van der Waals surface area contributed by atoms with E-state index < -0.39 is 5.41 Å². The maximum absolute atomic E-state index is 5.14. The molecule has 1 aromatic heterocycles. The normalized spacial score (nSPS) is 22.5. The SMILES string of the molecule is c1ccc(-c2nc(-c3ccc(-c4ccc5c(c4)C4(c6ccccc6C5(c5ccccc5)c5ccccc5)C5CC6CC(C5)CC4C6)cc3)nc(-c3ccc4ccccc4c3)n2)cc1. The molecule has 0 unspecified atom stereocenters. The van der Waals surface area contributed by atoms with Crippen molar-refractivity contribution in [2.24, 2.45) is 23.7 Å². The van der Waals surface area contributed by atoms with Crippen molar-refractivity contribution in [3.8, 4) is 45.3 Å². The Balaban J connectivity index is 0.982. The fourth-order valence-electron chi connectivity index (χ4n) is 13.3. The third-order valence-electron chi connectivity index (χ3n) is 15.6. The highest BCUT2D eigenvalue weighted by molar-refractivity contribution is 5.87. The molecule has 3 nitrogen and oxygen atoms in total. The molecule has 0 atom stereocenters. The Labute approximate surface area is 369 Å². The van der Waals surface area contributed by atoms with E-state index in [2.05, 4.69) is 182 Å². The Hall–Kier alpha value is -6.97. The van der Waals surface area contributed by atoms with E-state index in [1.807, 2.05) is 18.2 Å². The molecule has 0 N–H and O–H groups in total. The maximum Gasteiger partial charge on any atom is 0.164 e. The van der Waals surface area contributed by atoms with Gasteiger partial charge in [0.05, 0.1) is 5.41 Å². The molecule has 5 aliphatic rings. The number of nitrogens with zero attached hydrogens (tertiary/aromatic N) is 3. The van der Waals surface area contributed by atoms with Gasteiger partial charge in [-0.05, 0) is 123 Å². The zero-order valence-corrected chi connectivity index (χ0v) is 35.2. The number of rotatable bonds is 6. The monoisotopic (exact) mass is 809 g/mol. The average Bonchev–Trinajstić information content (AvgIpc) is 3.35. The van der Waals surface area contributed by atoms with Crippen molar-refractivity contribution in [3.63, 3.8) is 0 Å². The molecule has 0 amide bonds. The lowest BCUT2D eigenvalue weighted by Crippen LogP contribution is -2.59. The van der Waals surface area contributed by atoms with E-state index in [4.69, 9.17) is 15.0 Å². The highest BCUT2D eigenvalue weighted by Crippen LogP contribution is 2.70. The summed E-state index contributed by atoms with van der Waals surface area (Å²) in [6.45, 7) is 0. The molecular formula is C60H47N3. The summed E-state index contributed by atoms with van der Waals surface area (Å²) in [5, 5.41) is 2.36. The number of hydrogen-bond donors (Lipinski definition) is 0. The molecular weight excluding hydrogens is 763 g/mol. The first-order valence-electron chi connectivity index (χ1n) is 22.9. The lowest BCUT2D eigenvalue weighted by atomic mass is 9.38. The van der Waals surface area contributed by atoms with Crippen LogP contribution in [0.3, 0.4) is 0 Å². The predicted molar refractivity (Wildman–Crippen MR) is 255 cm³/mol. The van der Waals surface area contributed by atoms with E-state index in [0.29, 0.717) is 29.3 Å². The number of benzene rings is 8. The second-order valence-corrected chi connectivity index (χ2v) is 18.8. The predicted octanol–water partition coefficient (Wildman–Crippen LogP) is 14.1. The van der Waals surface area contributed by atoms with Gasteiger partial charge in [0.1, 0.15) is 0 Å². The minimum absolute atomic E-state index is 0.0275. The molecule has 4 bridgehead atoms. The van der Waals surface area contributed by atoms with Gasteiger partial charge in [-0.25, -0.2) is 15.0 Å². The van der Waals surface area contributed by atoms with Crippen LogP contribution in [0.5, 0.6) is 0 Å². The number of hydrogen-bond acceptors (Lipinski definition) is 3. The van der Waals surface area contributed by atoms with Crippen LogP contribution in [0.15, 0.2) is 200 Å². The lowest BCUT2D eigenvalue weighted by Gasteiger charge is -2.65. The van der Waals surface area contributed by atoms with E-state index in [1.54, 1.807) is 11.1 Å². The van der Waals surface area contributed by atoms with Gasteiger partial charge in [0.15, 0.2) is 17.5 Å². The molecule has 1 heterocycles. The summed E-state index contributed by atoms with van der Waals surface area (Å²) in [7, 11) is 0. The Kier molecular flexibility index (Phi) is 8.32. The summed E-state index contributed by atoms with van der Waals surface area (Å²) in [6, 6.07) is 74.0. The van der Waals surface area contributed by atoms with E-state index >= 15 is 0 Å². The van der Waals surface area contributed by atoms with Gasteiger partial charge >= 0.3 is 0 Å². The van der Waals surface area contributed by atoms with Crippen LogP contribution in [0.4, 0.5) is 0 Å². The third kappa shape index (κ3) is 5.55.